The lowest BCUT2D eigenvalue weighted by atomic mass is 10.0. The van der Waals surface area contributed by atoms with Gasteiger partial charge in [0, 0.05) is 10.9 Å². The van der Waals surface area contributed by atoms with Crippen LogP contribution in [-0.2, 0) is 14.3 Å². The van der Waals surface area contributed by atoms with Gasteiger partial charge in [-0.25, -0.2) is 0 Å². The maximum atomic E-state index is 11.1. The topological polar surface area (TPSA) is 55.8 Å². The number of halogens is 1. The van der Waals surface area contributed by atoms with E-state index in [1.807, 2.05) is 12.2 Å². The first-order valence-corrected chi connectivity index (χ1v) is 5.90. The number of esters is 1. The molecular formula is C11H13BrO4. The number of ether oxygens (including phenoxy) is 2. The molecule has 0 unspecified atom stereocenters. The number of fused-ring (bicyclic) bond motifs is 2. The van der Waals surface area contributed by atoms with Crippen LogP contribution in [0.25, 0.3) is 0 Å². The summed E-state index contributed by atoms with van der Waals surface area (Å²) in [5, 5.41) is 9.86. The van der Waals surface area contributed by atoms with E-state index >= 15 is 0 Å². The molecule has 0 fully saturated rings. The Bertz CT molecular complexity index is 361. The van der Waals surface area contributed by atoms with Gasteiger partial charge in [0.05, 0.1) is 13.2 Å². The molecule has 4 nitrogen and oxygen atoms in total. The van der Waals surface area contributed by atoms with E-state index in [-0.39, 0.29) is 18.2 Å². The Hall–Kier alpha value is -0.650. The fourth-order valence-corrected chi connectivity index (χ4v) is 2.60. The third-order valence-electron chi connectivity index (χ3n) is 2.83. The van der Waals surface area contributed by atoms with Gasteiger partial charge in [-0.3, -0.25) is 4.79 Å². The molecule has 0 spiro atoms. The van der Waals surface area contributed by atoms with E-state index in [0.29, 0.717) is 12.8 Å². The van der Waals surface area contributed by atoms with Crippen molar-refractivity contribution in [1.29, 1.82) is 0 Å². The van der Waals surface area contributed by atoms with Crippen molar-refractivity contribution in [3.8, 4) is 0 Å². The van der Waals surface area contributed by atoms with E-state index < -0.39 is 6.10 Å². The van der Waals surface area contributed by atoms with Crippen LogP contribution in [0.2, 0.25) is 0 Å². The van der Waals surface area contributed by atoms with Gasteiger partial charge < -0.3 is 14.6 Å². The summed E-state index contributed by atoms with van der Waals surface area (Å²) in [4.78, 5) is 11.1. The highest BCUT2D eigenvalue weighted by Crippen LogP contribution is 2.37. The first kappa shape index (κ1) is 11.8. The number of methoxy groups -OCH3 is 1. The fourth-order valence-electron chi connectivity index (χ4n) is 1.92. The van der Waals surface area contributed by atoms with Crippen LogP contribution in [-0.4, -0.2) is 36.5 Å². The number of hydrogen-bond acceptors (Lipinski definition) is 4. The Balaban J connectivity index is 2.09. The maximum Gasteiger partial charge on any atom is 0.305 e. The zero-order valence-corrected chi connectivity index (χ0v) is 10.4. The van der Waals surface area contributed by atoms with Crippen molar-refractivity contribution in [3.05, 3.63) is 22.2 Å². The molecule has 0 saturated carbocycles. The van der Waals surface area contributed by atoms with E-state index in [4.69, 9.17) is 4.74 Å². The van der Waals surface area contributed by atoms with Gasteiger partial charge in [-0.15, -0.1) is 0 Å². The van der Waals surface area contributed by atoms with Crippen LogP contribution in [0, 0.1) is 0 Å². The molecule has 16 heavy (non-hydrogen) atoms. The second-order valence-electron chi connectivity index (χ2n) is 3.80. The molecular weight excluding hydrogens is 276 g/mol. The summed E-state index contributed by atoms with van der Waals surface area (Å²) in [6.07, 6.45) is 3.55. The van der Waals surface area contributed by atoms with E-state index in [0.717, 1.165) is 10.1 Å². The molecule has 2 heterocycles. The molecule has 2 rings (SSSR count). The Labute approximate surface area is 102 Å². The smallest absolute Gasteiger partial charge is 0.305 e. The molecule has 0 amide bonds. The van der Waals surface area contributed by atoms with Crippen LogP contribution in [0.3, 0.4) is 0 Å². The highest BCUT2D eigenvalue weighted by molar-refractivity contribution is 9.11. The van der Waals surface area contributed by atoms with E-state index in [9.17, 15) is 9.90 Å². The average molecular weight is 289 g/mol. The van der Waals surface area contributed by atoms with Gasteiger partial charge in [0.15, 0.2) is 0 Å². The molecule has 0 saturated heterocycles. The third-order valence-corrected chi connectivity index (χ3v) is 3.80. The van der Waals surface area contributed by atoms with E-state index in [2.05, 4.69) is 20.7 Å². The predicted octanol–water partition coefficient (Wildman–Crippen LogP) is 1.29. The molecule has 0 aromatic heterocycles. The second-order valence-corrected chi connectivity index (χ2v) is 4.65. The largest absolute Gasteiger partial charge is 0.469 e. The Morgan fingerprint density at radius 3 is 3.06 bits per heavy atom. The summed E-state index contributed by atoms with van der Waals surface area (Å²) in [6.45, 7) is 0. The summed E-state index contributed by atoms with van der Waals surface area (Å²) >= 11 is 3.37. The van der Waals surface area contributed by atoms with Gasteiger partial charge in [-0.1, -0.05) is 28.1 Å². The van der Waals surface area contributed by atoms with Crippen LogP contribution in [0.4, 0.5) is 0 Å². The lowest BCUT2D eigenvalue weighted by molar-refractivity contribution is -0.140. The molecule has 88 valence electrons. The molecule has 5 heteroatoms. The lowest BCUT2D eigenvalue weighted by Gasteiger charge is -2.28. The number of carbonyl (C=O) groups is 1. The molecule has 2 aliphatic heterocycles. The minimum absolute atomic E-state index is 0.118. The van der Waals surface area contributed by atoms with Crippen LogP contribution >= 0.6 is 15.9 Å². The molecule has 0 aromatic carbocycles. The minimum Gasteiger partial charge on any atom is -0.469 e. The first-order valence-electron chi connectivity index (χ1n) is 5.10. The van der Waals surface area contributed by atoms with Gasteiger partial charge in [0.1, 0.15) is 12.2 Å². The van der Waals surface area contributed by atoms with Gasteiger partial charge >= 0.3 is 5.97 Å². The number of rotatable bonds is 3. The number of aliphatic hydroxyl groups is 1. The molecule has 3 atom stereocenters. The lowest BCUT2D eigenvalue weighted by Crippen LogP contribution is -2.34. The molecule has 2 bridgehead atoms. The molecule has 0 aliphatic carbocycles. The highest BCUT2D eigenvalue weighted by Gasteiger charge is 2.37. The van der Waals surface area contributed by atoms with Crippen molar-refractivity contribution < 1.29 is 19.4 Å². The minimum atomic E-state index is -0.664. The van der Waals surface area contributed by atoms with Crippen molar-refractivity contribution >= 4 is 21.9 Å². The Kier molecular flexibility index (Phi) is 3.47. The number of hydrogen-bond donors (Lipinski definition) is 1. The highest BCUT2D eigenvalue weighted by atomic mass is 79.9. The van der Waals surface area contributed by atoms with E-state index in [1.54, 1.807) is 0 Å². The Morgan fingerprint density at radius 1 is 1.62 bits per heavy atom. The van der Waals surface area contributed by atoms with Crippen LogP contribution in [0.5, 0.6) is 0 Å². The standard InChI is InChI=1S/C11H13BrO4/c1-15-9(13)5-2-6-7-3-4-8(16-7)11(14)10(6)12/h3-4,7-8,11,14H,2,5H2,1H3/t7-,8+,11-/m1/s1. The summed E-state index contributed by atoms with van der Waals surface area (Å²) < 4.78 is 10.9. The molecule has 2 aliphatic rings. The fraction of sp³-hybridized carbons (Fsp3) is 0.545. The van der Waals surface area contributed by atoms with Gasteiger partial charge in [0.2, 0.25) is 0 Å². The quantitative estimate of drug-likeness (QED) is 0.628. The van der Waals surface area contributed by atoms with Gasteiger partial charge in [0.25, 0.3) is 0 Å². The van der Waals surface area contributed by atoms with Crippen LogP contribution < -0.4 is 0 Å². The third kappa shape index (κ3) is 2.07. The molecule has 0 aromatic rings. The van der Waals surface area contributed by atoms with Crippen LogP contribution in [0.15, 0.2) is 22.2 Å². The first-order chi connectivity index (χ1) is 7.63. The zero-order chi connectivity index (χ0) is 11.7. The van der Waals surface area contributed by atoms with Crippen LogP contribution in [0.1, 0.15) is 12.8 Å². The summed E-state index contributed by atoms with van der Waals surface area (Å²) in [6, 6.07) is 0. The van der Waals surface area contributed by atoms with Crippen molar-refractivity contribution in [1.82, 2.24) is 0 Å². The number of aliphatic hydroxyl groups excluding tert-OH is 1. The van der Waals surface area contributed by atoms with Gasteiger partial charge in [-0.2, -0.15) is 0 Å². The van der Waals surface area contributed by atoms with Gasteiger partial charge in [-0.05, 0) is 12.0 Å². The summed E-state index contributed by atoms with van der Waals surface area (Å²) in [7, 11) is 1.36. The monoisotopic (exact) mass is 288 g/mol. The summed E-state index contributed by atoms with van der Waals surface area (Å²) in [5.74, 6) is -0.258. The Morgan fingerprint density at radius 2 is 2.38 bits per heavy atom. The normalized spacial score (nSPS) is 32.1. The van der Waals surface area contributed by atoms with E-state index in [1.165, 1.54) is 7.11 Å². The maximum absolute atomic E-state index is 11.1. The van der Waals surface area contributed by atoms with Crippen molar-refractivity contribution in [3.63, 3.8) is 0 Å². The summed E-state index contributed by atoms with van der Waals surface area (Å²) in [5.41, 5.74) is 0.919. The number of carbonyl (C=O) groups excluding carboxylic acids is 1. The SMILES string of the molecule is COC(=O)CCC1=C(Br)[C@H](O)[C@@H]2C=C[C@H]1O2. The predicted molar refractivity (Wildman–Crippen MR) is 61.0 cm³/mol. The zero-order valence-electron chi connectivity index (χ0n) is 8.85. The van der Waals surface area contributed by atoms with Crippen molar-refractivity contribution in [2.24, 2.45) is 0 Å². The average Bonchev–Trinajstić information content (AvgIpc) is 2.72. The molecule has 0 radical (unpaired) electrons. The molecule has 1 N–H and O–H groups in total. The van der Waals surface area contributed by atoms with Crippen molar-refractivity contribution in [2.45, 2.75) is 31.2 Å². The van der Waals surface area contributed by atoms with Crippen molar-refractivity contribution in [2.75, 3.05) is 7.11 Å². The second kappa shape index (κ2) is 4.69.